The molecule has 2 rings (SSSR count). The fourth-order valence-corrected chi connectivity index (χ4v) is 3.21. The smallest absolute Gasteiger partial charge is 0.304 e. The molecule has 4 nitrogen and oxygen atoms in total. The summed E-state index contributed by atoms with van der Waals surface area (Å²) in [6, 6.07) is 5.70. The first-order valence-electron chi connectivity index (χ1n) is 6.64. The van der Waals surface area contributed by atoms with E-state index in [2.05, 4.69) is 0 Å². The van der Waals surface area contributed by atoms with Gasteiger partial charge in [0.25, 0.3) is 0 Å². The topological polar surface area (TPSA) is 72.5 Å². The molecule has 0 bridgehead atoms. The summed E-state index contributed by atoms with van der Waals surface area (Å²) in [5.74, 6) is 0.0236. The summed E-state index contributed by atoms with van der Waals surface area (Å²) in [5, 5.41) is 9.23. The van der Waals surface area contributed by atoms with Gasteiger partial charge in [-0.3, -0.25) is 4.79 Å². The number of aryl methyl sites for hydroxylation is 1. The minimum atomic E-state index is -0.791. The number of methoxy groups -OCH3 is 1. The van der Waals surface area contributed by atoms with Crippen LogP contribution < -0.4 is 10.5 Å². The van der Waals surface area contributed by atoms with E-state index in [1.807, 2.05) is 25.1 Å². The van der Waals surface area contributed by atoms with Crippen molar-refractivity contribution in [1.82, 2.24) is 0 Å². The Hall–Kier alpha value is -1.55. The van der Waals surface area contributed by atoms with Crippen LogP contribution in [0.5, 0.6) is 5.75 Å². The fraction of sp³-hybridized carbons (Fsp3) is 0.533. The lowest BCUT2D eigenvalue weighted by atomic mass is 9.64. The molecule has 0 saturated carbocycles. The second-order valence-corrected chi connectivity index (χ2v) is 5.39. The van der Waals surface area contributed by atoms with Gasteiger partial charge in [0.1, 0.15) is 5.75 Å². The van der Waals surface area contributed by atoms with Gasteiger partial charge in [-0.15, -0.1) is 0 Å². The van der Waals surface area contributed by atoms with Crippen molar-refractivity contribution in [2.45, 2.75) is 44.1 Å². The van der Waals surface area contributed by atoms with Gasteiger partial charge in [-0.25, -0.2) is 0 Å². The standard InChI is InChI=1S/C15H21NO3/c1-10(16)15(9-14(17)18)7-3-4-11-8-12(19-2)5-6-13(11)15/h5-6,8,10H,3-4,7,9,16H2,1-2H3,(H,17,18). The van der Waals surface area contributed by atoms with Gasteiger partial charge in [-0.1, -0.05) is 6.07 Å². The zero-order valence-corrected chi connectivity index (χ0v) is 11.5. The minimum absolute atomic E-state index is 0.0873. The van der Waals surface area contributed by atoms with E-state index < -0.39 is 11.4 Å². The van der Waals surface area contributed by atoms with Gasteiger partial charge < -0.3 is 15.6 Å². The molecule has 1 aliphatic rings. The molecule has 1 aliphatic carbocycles. The Bertz CT molecular complexity index is 484. The molecule has 4 heteroatoms. The largest absolute Gasteiger partial charge is 0.497 e. The molecular formula is C15H21NO3. The summed E-state index contributed by atoms with van der Waals surface area (Å²) in [6.07, 6.45) is 2.84. The van der Waals surface area contributed by atoms with Crippen LogP contribution in [-0.4, -0.2) is 24.2 Å². The molecule has 2 unspecified atom stereocenters. The monoisotopic (exact) mass is 263 g/mol. The van der Waals surface area contributed by atoms with E-state index in [0.717, 1.165) is 30.6 Å². The highest BCUT2D eigenvalue weighted by Gasteiger charge is 2.41. The van der Waals surface area contributed by atoms with Crippen molar-refractivity contribution < 1.29 is 14.6 Å². The third kappa shape index (κ3) is 2.45. The first-order valence-corrected chi connectivity index (χ1v) is 6.64. The summed E-state index contributed by atoms with van der Waals surface area (Å²) in [7, 11) is 1.64. The number of benzene rings is 1. The van der Waals surface area contributed by atoms with E-state index in [9.17, 15) is 9.90 Å². The Balaban J connectivity index is 2.51. The van der Waals surface area contributed by atoms with Crippen molar-refractivity contribution in [2.75, 3.05) is 7.11 Å². The Morgan fingerprint density at radius 1 is 1.58 bits per heavy atom. The maximum Gasteiger partial charge on any atom is 0.304 e. The number of carboxylic acids is 1. The van der Waals surface area contributed by atoms with Gasteiger partial charge in [-0.05, 0) is 49.4 Å². The Labute approximate surface area is 113 Å². The molecule has 3 N–H and O–H groups in total. The van der Waals surface area contributed by atoms with E-state index in [4.69, 9.17) is 10.5 Å². The van der Waals surface area contributed by atoms with Crippen LogP contribution in [0.3, 0.4) is 0 Å². The fourth-order valence-electron chi connectivity index (χ4n) is 3.21. The average Bonchev–Trinajstić information content (AvgIpc) is 2.37. The van der Waals surface area contributed by atoms with Gasteiger partial charge in [0.05, 0.1) is 13.5 Å². The molecule has 0 spiro atoms. The van der Waals surface area contributed by atoms with Crippen LogP contribution in [0.4, 0.5) is 0 Å². The summed E-state index contributed by atoms with van der Waals surface area (Å²) in [5.41, 5.74) is 7.94. The number of hydrogen-bond acceptors (Lipinski definition) is 3. The number of nitrogens with two attached hydrogens (primary N) is 1. The van der Waals surface area contributed by atoms with E-state index in [1.54, 1.807) is 7.11 Å². The van der Waals surface area contributed by atoms with Crippen molar-refractivity contribution in [3.8, 4) is 5.75 Å². The number of ether oxygens (including phenoxy) is 1. The lowest BCUT2D eigenvalue weighted by Crippen LogP contribution is -2.47. The SMILES string of the molecule is COc1ccc2c(c1)CCCC2(CC(=O)O)C(C)N. The number of aliphatic carboxylic acids is 1. The minimum Gasteiger partial charge on any atom is -0.497 e. The maximum atomic E-state index is 11.2. The van der Waals surface area contributed by atoms with E-state index in [-0.39, 0.29) is 12.5 Å². The molecule has 0 heterocycles. The molecular weight excluding hydrogens is 242 g/mol. The van der Waals surface area contributed by atoms with Gasteiger partial charge in [-0.2, -0.15) is 0 Å². The molecule has 1 aromatic carbocycles. The third-order valence-corrected chi connectivity index (χ3v) is 4.26. The highest BCUT2D eigenvalue weighted by molar-refractivity contribution is 5.70. The third-order valence-electron chi connectivity index (χ3n) is 4.26. The second kappa shape index (κ2) is 5.21. The molecule has 0 aliphatic heterocycles. The zero-order valence-electron chi connectivity index (χ0n) is 11.5. The summed E-state index contributed by atoms with van der Waals surface area (Å²) < 4.78 is 5.24. The quantitative estimate of drug-likeness (QED) is 0.872. The lowest BCUT2D eigenvalue weighted by molar-refractivity contribution is -0.139. The Morgan fingerprint density at radius 3 is 2.89 bits per heavy atom. The van der Waals surface area contributed by atoms with Gasteiger partial charge in [0.2, 0.25) is 0 Å². The second-order valence-electron chi connectivity index (χ2n) is 5.39. The highest BCUT2D eigenvalue weighted by Crippen LogP contribution is 2.43. The first-order chi connectivity index (χ1) is 8.99. The predicted octanol–water partition coefficient (Wildman–Crippen LogP) is 2.09. The van der Waals surface area contributed by atoms with Crippen LogP contribution in [0.2, 0.25) is 0 Å². The predicted molar refractivity (Wildman–Crippen MR) is 73.5 cm³/mol. The van der Waals surface area contributed by atoms with Crippen LogP contribution in [0.1, 0.15) is 37.3 Å². The average molecular weight is 263 g/mol. The molecule has 1 aromatic rings. The maximum absolute atomic E-state index is 11.2. The van der Waals surface area contributed by atoms with Gasteiger partial charge in [0.15, 0.2) is 0 Å². The van der Waals surface area contributed by atoms with Crippen molar-refractivity contribution in [1.29, 1.82) is 0 Å². The Morgan fingerprint density at radius 2 is 2.32 bits per heavy atom. The van der Waals surface area contributed by atoms with Crippen LogP contribution in [-0.2, 0) is 16.6 Å². The Kier molecular flexibility index (Phi) is 3.80. The van der Waals surface area contributed by atoms with Crippen LogP contribution >= 0.6 is 0 Å². The number of carbonyl (C=O) groups is 1. The van der Waals surface area contributed by atoms with Crippen molar-refractivity contribution in [3.63, 3.8) is 0 Å². The summed E-state index contributed by atoms with van der Waals surface area (Å²) >= 11 is 0. The molecule has 0 amide bonds. The number of rotatable bonds is 4. The highest BCUT2D eigenvalue weighted by atomic mass is 16.5. The molecule has 0 radical (unpaired) electrons. The summed E-state index contributed by atoms with van der Waals surface area (Å²) in [6.45, 7) is 1.91. The first kappa shape index (κ1) is 13.9. The number of hydrogen-bond donors (Lipinski definition) is 2. The van der Waals surface area contributed by atoms with Crippen LogP contribution in [0, 0.1) is 0 Å². The zero-order chi connectivity index (χ0) is 14.0. The molecule has 0 fully saturated rings. The van der Waals surface area contributed by atoms with Gasteiger partial charge >= 0.3 is 5.97 Å². The van der Waals surface area contributed by atoms with E-state index >= 15 is 0 Å². The molecule has 19 heavy (non-hydrogen) atoms. The van der Waals surface area contributed by atoms with Crippen molar-refractivity contribution in [3.05, 3.63) is 29.3 Å². The molecule has 104 valence electrons. The molecule has 0 saturated heterocycles. The normalized spacial score (nSPS) is 23.5. The summed E-state index contributed by atoms with van der Waals surface area (Å²) in [4.78, 5) is 11.2. The molecule has 0 aromatic heterocycles. The number of fused-ring (bicyclic) bond motifs is 1. The molecule has 2 atom stereocenters. The van der Waals surface area contributed by atoms with Gasteiger partial charge in [0, 0.05) is 11.5 Å². The van der Waals surface area contributed by atoms with E-state index in [1.165, 1.54) is 5.56 Å². The van der Waals surface area contributed by atoms with Crippen molar-refractivity contribution >= 4 is 5.97 Å². The number of carboxylic acid groups (broad SMARTS) is 1. The lowest BCUT2D eigenvalue weighted by Gasteiger charge is -2.41. The van der Waals surface area contributed by atoms with Crippen LogP contribution in [0.15, 0.2) is 18.2 Å². The van der Waals surface area contributed by atoms with Crippen molar-refractivity contribution in [2.24, 2.45) is 5.73 Å². The van der Waals surface area contributed by atoms with Crippen LogP contribution in [0.25, 0.3) is 0 Å². The van der Waals surface area contributed by atoms with E-state index in [0.29, 0.717) is 0 Å².